The monoisotopic (exact) mass is 396 g/mol. The van der Waals surface area contributed by atoms with Gasteiger partial charge in [-0.2, -0.15) is 0 Å². The van der Waals surface area contributed by atoms with Gasteiger partial charge in [-0.05, 0) is 53.3 Å². The number of thiocarbonyl (C=S) groups is 1. The highest BCUT2D eigenvalue weighted by atomic mass is 127. The molecule has 20 heavy (non-hydrogen) atoms. The summed E-state index contributed by atoms with van der Waals surface area (Å²) < 4.78 is 0.952. The van der Waals surface area contributed by atoms with E-state index in [1.807, 2.05) is 43.3 Å². The molecule has 0 aliphatic carbocycles. The van der Waals surface area contributed by atoms with Crippen LogP contribution in [-0.4, -0.2) is 10.9 Å². The van der Waals surface area contributed by atoms with Gasteiger partial charge < -0.3 is 11.1 Å². The second-order valence-corrected chi connectivity index (χ2v) is 5.85. The summed E-state index contributed by atoms with van der Waals surface area (Å²) in [4.78, 5) is 12.6. The predicted molar refractivity (Wildman–Crippen MR) is 94.2 cm³/mol. The normalized spacial score (nSPS) is 10.1. The van der Waals surface area contributed by atoms with E-state index in [0.29, 0.717) is 16.2 Å². The number of nitrogens with two attached hydrogens (primary N) is 1. The number of carbonyl (C=O) groups excluding carboxylic acids is 1. The third-order valence-corrected chi connectivity index (χ3v) is 4.51. The topological polar surface area (TPSA) is 55.1 Å². The maximum Gasteiger partial charge on any atom is 0.256 e. The molecule has 0 saturated heterocycles. The molecule has 5 heteroatoms. The zero-order valence-electron chi connectivity index (χ0n) is 10.8. The lowest BCUT2D eigenvalue weighted by molar-refractivity contribution is 0.102. The summed E-state index contributed by atoms with van der Waals surface area (Å²) in [5, 5.41) is 2.86. The molecule has 3 N–H and O–H groups in total. The van der Waals surface area contributed by atoms with Crippen LogP contribution in [0.25, 0.3) is 0 Å². The van der Waals surface area contributed by atoms with Crippen LogP contribution in [0.2, 0.25) is 0 Å². The van der Waals surface area contributed by atoms with Crippen molar-refractivity contribution in [1.29, 1.82) is 0 Å². The molecule has 102 valence electrons. The summed E-state index contributed by atoms with van der Waals surface area (Å²) in [5.74, 6) is -0.141. The van der Waals surface area contributed by atoms with E-state index in [-0.39, 0.29) is 5.91 Å². The molecule has 0 radical (unpaired) electrons. The van der Waals surface area contributed by atoms with Crippen LogP contribution >= 0.6 is 34.8 Å². The minimum absolute atomic E-state index is 0.141. The van der Waals surface area contributed by atoms with Crippen molar-refractivity contribution in [1.82, 2.24) is 0 Å². The highest BCUT2D eigenvalue weighted by molar-refractivity contribution is 14.1. The Balaban J connectivity index is 2.26. The van der Waals surface area contributed by atoms with Crippen LogP contribution in [0.3, 0.4) is 0 Å². The fourth-order valence-corrected chi connectivity index (χ4v) is 2.50. The van der Waals surface area contributed by atoms with Gasteiger partial charge in [-0.15, -0.1) is 0 Å². The van der Waals surface area contributed by atoms with Crippen LogP contribution in [0.4, 0.5) is 5.69 Å². The number of hydrogen-bond donors (Lipinski definition) is 2. The van der Waals surface area contributed by atoms with Crippen molar-refractivity contribution in [2.24, 2.45) is 5.73 Å². The third kappa shape index (κ3) is 3.34. The molecule has 0 saturated carbocycles. The minimum atomic E-state index is -0.141. The summed E-state index contributed by atoms with van der Waals surface area (Å²) >= 11 is 7.11. The Morgan fingerprint density at radius 3 is 2.65 bits per heavy atom. The molecule has 0 fully saturated rings. The van der Waals surface area contributed by atoms with Gasteiger partial charge in [0.2, 0.25) is 0 Å². The molecule has 0 bridgehead atoms. The molecule has 0 aliphatic rings. The van der Waals surface area contributed by atoms with E-state index in [4.69, 9.17) is 18.0 Å². The average molecular weight is 396 g/mol. The fraction of sp³-hybridized carbons (Fsp3) is 0.0667. The first-order valence-electron chi connectivity index (χ1n) is 5.95. The van der Waals surface area contributed by atoms with E-state index in [1.165, 1.54) is 0 Å². The Labute approximate surface area is 136 Å². The van der Waals surface area contributed by atoms with Gasteiger partial charge >= 0.3 is 0 Å². The quantitative estimate of drug-likeness (QED) is 0.617. The standard InChI is InChI=1S/C15H13IN2OS/c1-9-4-2-7-12(13(9)16)15(19)18-11-6-3-5-10(8-11)14(17)20/h2-8H,1H3,(H2,17,20)(H,18,19). The van der Waals surface area contributed by atoms with Crippen molar-refractivity contribution in [2.75, 3.05) is 5.32 Å². The van der Waals surface area contributed by atoms with Gasteiger partial charge in [0, 0.05) is 14.8 Å². The summed E-state index contributed by atoms with van der Waals surface area (Å²) in [6.45, 7) is 1.98. The molecule has 1 amide bonds. The Kier molecular flexibility index (Phi) is 4.72. The van der Waals surface area contributed by atoms with Crippen LogP contribution in [0.1, 0.15) is 21.5 Å². The minimum Gasteiger partial charge on any atom is -0.389 e. The Morgan fingerprint density at radius 2 is 1.95 bits per heavy atom. The number of benzene rings is 2. The molecule has 2 aromatic rings. The van der Waals surface area contributed by atoms with Crippen molar-refractivity contribution in [3.8, 4) is 0 Å². The smallest absolute Gasteiger partial charge is 0.256 e. The van der Waals surface area contributed by atoms with Crippen LogP contribution in [0, 0.1) is 10.5 Å². The largest absolute Gasteiger partial charge is 0.389 e. The number of hydrogen-bond acceptors (Lipinski definition) is 2. The first-order chi connectivity index (χ1) is 9.49. The maximum absolute atomic E-state index is 12.3. The second kappa shape index (κ2) is 6.32. The summed E-state index contributed by atoms with van der Waals surface area (Å²) in [5.41, 5.74) is 8.73. The molecule has 0 spiro atoms. The first-order valence-corrected chi connectivity index (χ1v) is 7.44. The lowest BCUT2D eigenvalue weighted by atomic mass is 10.1. The van der Waals surface area contributed by atoms with Crippen molar-refractivity contribution >= 4 is 51.4 Å². The molecule has 3 nitrogen and oxygen atoms in total. The number of aryl methyl sites for hydroxylation is 1. The number of rotatable bonds is 3. The highest BCUT2D eigenvalue weighted by Gasteiger charge is 2.11. The predicted octanol–water partition coefficient (Wildman–Crippen LogP) is 3.49. The van der Waals surface area contributed by atoms with Gasteiger partial charge in [0.25, 0.3) is 5.91 Å². The number of carbonyl (C=O) groups is 1. The van der Waals surface area contributed by atoms with Crippen molar-refractivity contribution < 1.29 is 4.79 Å². The van der Waals surface area contributed by atoms with Crippen molar-refractivity contribution in [3.63, 3.8) is 0 Å². The molecule has 0 atom stereocenters. The van der Waals surface area contributed by atoms with Crippen LogP contribution in [-0.2, 0) is 0 Å². The second-order valence-electron chi connectivity index (χ2n) is 4.34. The lowest BCUT2D eigenvalue weighted by Gasteiger charge is -2.09. The highest BCUT2D eigenvalue weighted by Crippen LogP contribution is 2.19. The van der Waals surface area contributed by atoms with E-state index in [1.54, 1.807) is 6.07 Å². The lowest BCUT2D eigenvalue weighted by Crippen LogP contribution is -2.15. The molecular formula is C15H13IN2OS. The molecule has 0 heterocycles. The number of anilines is 1. The SMILES string of the molecule is Cc1cccc(C(=O)Nc2cccc(C(N)=S)c2)c1I. The summed E-state index contributed by atoms with van der Waals surface area (Å²) in [6, 6.07) is 12.9. The molecule has 0 aromatic heterocycles. The van der Waals surface area contributed by atoms with Crippen molar-refractivity contribution in [3.05, 3.63) is 62.7 Å². The van der Waals surface area contributed by atoms with Gasteiger partial charge in [0.1, 0.15) is 4.99 Å². The van der Waals surface area contributed by atoms with E-state index in [2.05, 4.69) is 27.9 Å². The van der Waals surface area contributed by atoms with E-state index < -0.39 is 0 Å². The number of amides is 1. The number of nitrogens with one attached hydrogen (secondary N) is 1. The molecule has 2 rings (SSSR count). The van der Waals surface area contributed by atoms with E-state index >= 15 is 0 Å². The summed E-state index contributed by atoms with van der Waals surface area (Å²) in [7, 11) is 0. The third-order valence-electron chi connectivity index (χ3n) is 2.84. The van der Waals surface area contributed by atoms with E-state index in [9.17, 15) is 4.79 Å². The molecular weight excluding hydrogens is 383 g/mol. The molecule has 2 aromatic carbocycles. The Hall–Kier alpha value is -1.47. The average Bonchev–Trinajstić information content (AvgIpc) is 2.42. The maximum atomic E-state index is 12.3. The fourth-order valence-electron chi connectivity index (χ4n) is 1.77. The first kappa shape index (κ1) is 14.9. The van der Waals surface area contributed by atoms with E-state index in [0.717, 1.165) is 14.7 Å². The Morgan fingerprint density at radius 1 is 1.25 bits per heavy atom. The van der Waals surface area contributed by atoms with Crippen molar-refractivity contribution in [2.45, 2.75) is 6.92 Å². The molecule has 0 unspecified atom stereocenters. The van der Waals surface area contributed by atoms with Crippen LogP contribution in [0.15, 0.2) is 42.5 Å². The van der Waals surface area contributed by atoms with Gasteiger partial charge in [-0.3, -0.25) is 4.79 Å². The van der Waals surface area contributed by atoms with Gasteiger partial charge in [0.15, 0.2) is 0 Å². The van der Waals surface area contributed by atoms with Crippen LogP contribution < -0.4 is 11.1 Å². The zero-order chi connectivity index (χ0) is 14.7. The van der Waals surface area contributed by atoms with Crippen LogP contribution in [0.5, 0.6) is 0 Å². The summed E-state index contributed by atoms with van der Waals surface area (Å²) in [6.07, 6.45) is 0. The van der Waals surface area contributed by atoms with Gasteiger partial charge in [-0.1, -0.05) is 36.5 Å². The number of halogens is 1. The van der Waals surface area contributed by atoms with Gasteiger partial charge in [-0.25, -0.2) is 0 Å². The zero-order valence-corrected chi connectivity index (χ0v) is 13.8. The Bertz CT molecular complexity index is 685. The molecule has 0 aliphatic heterocycles. The van der Waals surface area contributed by atoms with Gasteiger partial charge in [0.05, 0.1) is 5.56 Å².